The monoisotopic (exact) mass is 264 g/mol. The Morgan fingerprint density at radius 1 is 1.54 bits per heavy atom. The topological polar surface area (TPSA) is 41.0 Å². The number of anilines is 1. The SMILES string of the molecule is CC(CN(C)C)Nc1nnc(Br)s1. The molecule has 0 aromatic carbocycles. The van der Waals surface area contributed by atoms with Gasteiger partial charge >= 0.3 is 0 Å². The van der Waals surface area contributed by atoms with Gasteiger partial charge in [-0.1, -0.05) is 11.3 Å². The molecule has 4 nitrogen and oxygen atoms in total. The van der Waals surface area contributed by atoms with Crippen LogP contribution in [0.3, 0.4) is 0 Å². The van der Waals surface area contributed by atoms with E-state index in [0.29, 0.717) is 6.04 Å². The van der Waals surface area contributed by atoms with Crippen molar-refractivity contribution in [1.82, 2.24) is 15.1 Å². The van der Waals surface area contributed by atoms with Crippen molar-refractivity contribution < 1.29 is 0 Å². The maximum Gasteiger partial charge on any atom is 0.206 e. The first-order valence-electron chi connectivity index (χ1n) is 3.98. The van der Waals surface area contributed by atoms with Crippen molar-refractivity contribution in [2.75, 3.05) is 26.0 Å². The highest BCUT2D eigenvalue weighted by Gasteiger charge is 2.06. The molecule has 1 rings (SSSR count). The highest BCUT2D eigenvalue weighted by Crippen LogP contribution is 2.20. The molecule has 0 aliphatic carbocycles. The van der Waals surface area contributed by atoms with E-state index in [4.69, 9.17) is 0 Å². The molecule has 1 N–H and O–H groups in total. The molecule has 0 spiro atoms. The number of rotatable bonds is 4. The van der Waals surface area contributed by atoms with Gasteiger partial charge in [0.1, 0.15) is 0 Å². The molecule has 0 fully saturated rings. The van der Waals surface area contributed by atoms with E-state index >= 15 is 0 Å². The van der Waals surface area contributed by atoms with Gasteiger partial charge in [0, 0.05) is 12.6 Å². The predicted molar refractivity (Wildman–Crippen MR) is 59.2 cm³/mol. The van der Waals surface area contributed by atoms with Crippen LogP contribution in [0.2, 0.25) is 0 Å². The van der Waals surface area contributed by atoms with Crippen molar-refractivity contribution in [1.29, 1.82) is 0 Å². The lowest BCUT2D eigenvalue weighted by molar-refractivity contribution is 0.392. The first kappa shape index (κ1) is 10.9. The molecule has 0 aliphatic heterocycles. The Morgan fingerprint density at radius 2 is 2.23 bits per heavy atom. The number of nitrogens with one attached hydrogen (secondary N) is 1. The second-order valence-electron chi connectivity index (χ2n) is 3.17. The zero-order valence-corrected chi connectivity index (χ0v) is 10.3. The van der Waals surface area contributed by atoms with Gasteiger partial charge < -0.3 is 10.2 Å². The number of nitrogens with zero attached hydrogens (tertiary/aromatic N) is 3. The minimum Gasteiger partial charge on any atom is -0.356 e. The second-order valence-corrected chi connectivity index (χ2v) is 5.42. The fourth-order valence-corrected chi connectivity index (χ4v) is 2.19. The molecule has 1 atom stereocenters. The Hall–Kier alpha value is -0.200. The molecule has 74 valence electrons. The van der Waals surface area contributed by atoms with Gasteiger partial charge in [-0.25, -0.2) is 0 Å². The van der Waals surface area contributed by atoms with Crippen LogP contribution < -0.4 is 5.32 Å². The Bertz CT molecular complexity index is 263. The maximum atomic E-state index is 3.96. The molecule has 1 unspecified atom stereocenters. The number of aromatic nitrogens is 2. The van der Waals surface area contributed by atoms with Crippen LogP contribution >= 0.6 is 27.3 Å². The molecular weight excluding hydrogens is 252 g/mol. The first-order chi connectivity index (χ1) is 6.08. The molecule has 1 heterocycles. The van der Waals surface area contributed by atoms with E-state index in [9.17, 15) is 0 Å². The minimum absolute atomic E-state index is 0.384. The molecule has 13 heavy (non-hydrogen) atoms. The summed E-state index contributed by atoms with van der Waals surface area (Å²) in [4.78, 5) is 2.13. The first-order valence-corrected chi connectivity index (χ1v) is 5.59. The summed E-state index contributed by atoms with van der Waals surface area (Å²) in [5.74, 6) is 0. The Labute approximate surface area is 90.5 Å². The van der Waals surface area contributed by atoms with Gasteiger partial charge in [0.2, 0.25) is 5.13 Å². The Kier molecular flexibility index (Phi) is 4.08. The average Bonchev–Trinajstić information content (AvgIpc) is 2.33. The van der Waals surface area contributed by atoms with Crippen molar-refractivity contribution in [2.24, 2.45) is 0 Å². The molecule has 6 heteroatoms. The average molecular weight is 265 g/mol. The highest BCUT2D eigenvalue weighted by atomic mass is 79.9. The second kappa shape index (κ2) is 4.88. The van der Waals surface area contributed by atoms with Crippen LogP contribution in [-0.4, -0.2) is 41.8 Å². The summed E-state index contributed by atoms with van der Waals surface area (Å²) in [5, 5.41) is 11.9. The summed E-state index contributed by atoms with van der Waals surface area (Å²) in [6, 6.07) is 0.384. The molecule has 0 bridgehead atoms. The van der Waals surface area contributed by atoms with Gasteiger partial charge in [-0.3, -0.25) is 0 Å². The van der Waals surface area contributed by atoms with E-state index in [1.54, 1.807) is 0 Å². The van der Waals surface area contributed by atoms with Crippen molar-refractivity contribution in [2.45, 2.75) is 13.0 Å². The predicted octanol–water partition coefficient (Wildman–Crippen LogP) is 1.66. The molecule has 0 saturated carbocycles. The lowest BCUT2D eigenvalue weighted by Gasteiger charge is -2.17. The lowest BCUT2D eigenvalue weighted by Crippen LogP contribution is -2.29. The van der Waals surface area contributed by atoms with Crippen LogP contribution in [-0.2, 0) is 0 Å². The summed E-state index contributed by atoms with van der Waals surface area (Å²) in [6.07, 6.45) is 0. The van der Waals surface area contributed by atoms with Gasteiger partial charge in [-0.15, -0.1) is 10.2 Å². The molecule has 1 aromatic rings. The summed E-state index contributed by atoms with van der Waals surface area (Å²) in [6.45, 7) is 3.10. The van der Waals surface area contributed by atoms with E-state index in [2.05, 4.69) is 43.3 Å². The zero-order valence-electron chi connectivity index (χ0n) is 7.91. The van der Waals surface area contributed by atoms with E-state index in [-0.39, 0.29) is 0 Å². The zero-order chi connectivity index (χ0) is 9.84. The third kappa shape index (κ3) is 4.02. The normalized spacial score (nSPS) is 13.3. The van der Waals surface area contributed by atoms with E-state index < -0.39 is 0 Å². The summed E-state index contributed by atoms with van der Waals surface area (Å²) < 4.78 is 0.812. The molecule has 0 radical (unpaired) electrons. The Balaban J connectivity index is 2.40. The quantitative estimate of drug-likeness (QED) is 0.899. The van der Waals surface area contributed by atoms with Crippen molar-refractivity contribution >= 4 is 32.4 Å². The number of hydrogen-bond donors (Lipinski definition) is 1. The van der Waals surface area contributed by atoms with Gasteiger partial charge in [-0.05, 0) is 36.9 Å². The van der Waals surface area contributed by atoms with Crippen LogP contribution in [0.4, 0.5) is 5.13 Å². The van der Waals surface area contributed by atoms with Crippen LogP contribution in [0.25, 0.3) is 0 Å². The van der Waals surface area contributed by atoms with Crippen molar-refractivity contribution in [3.05, 3.63) is 3.92 Å². The number of hydrogen-bond acceptors (Lipinski definition) is 5. The fraction of sp³-hybridized carbons (Fsp3) is 0.714. The van der Waals surface area contributed by atoms with E-state index in [0.717, 1.165) is 15.6 Å². The smallest absolute Gasteiger partial charge is 0.206 e. The van der Waals surface area contributed by atoms with Crippen molar-refractivity contribution in [3.8, 4) is 0 Å². The van der Waals surface area contributed by atoms with Gasteiger partial charge in [0.25, 0.3) is 0 Å². The summed E-state index contributed by atoms with van der Waals surface area (Å²) >= 11 is 4.78. The van der Waals surface area contributed by atoms with Gasteiger partial charge in [0.15, 0.2) is 3.92 Å². The number of halogens is 1. The van der Waals surface area contributed by atoms with Crippen LogP contribution in [0, 0.1) is 0 Å². The molecule has 1 aromatic heterocycles. The van der Waals surface area contributed by atoms with E-state index in [1.165, 1.54) is 11.3 Å². The van der Waals surface area contributed by atoms with Crippen LogP contribution in [0.5, 0.6) is 0 Å². The van der Waals surface area contributed by atoms with Gasteiger partial charge in [0.05, 0.1) is 0 Å². The lowest BCUT2D eigenvalue weighted by atomic mass is 10.3. The Morgan fingerprint density at radius 3 is 2.69 bits per heavy atom. The van der Waals surface area contributed by atoms with Crippen LogP contribution in [0.15, 0.2) is 3.92 Å². The largest absolute Gasteiger partial charge is 0.356 e. The molecular formula is C7H13BrN4S. The van der Waals surface area contributed by atoms with Gasteiger partial charge in [-0.2, -0.15) is 0 Å². The molecule has 0 aliphatic rings. The third-order valence-electron chi connectivity index (χ3n) is 1.41. The third-order valence-corrected chi connectivity index (χ3v) is 2.70. The maximum absolute atomic E-state index is 3.96. The molecule has 0 amide bonds. The summed E-state index contributed by atoms with van der Waals surface area (Å²) in [5.41, 5.74) is 0. The summed E-state index contributed by atoms with van der Waals surface area (Å²) in [7, 11) is 4.10. The minimum atomic E-state index is 0.384. The van der Waals surface area contributed by atoms with Crippen molar-refractivity contribution in [3.63, 3.8) is 0 Å². The highest BCUT2D eigenvalue weighted by molar-refractivity contribution is 9.11. The standard InChI is InChI=1S/C7H13BrN4S/c1-5(4-12(2)3)9-7-11-10-6(8)13-7/h5H,4H2,1-3H3,(H,9,11). The molecule has 0 saturated heterocycles. The van der Waals surface area contributed by atoms with E-state index in [1.807, 2.05) is 14.1 Å². The fourth-order valence-electron chi connectivity index (χ4n) is 1.07. The van der Waals surface area contributed by atoms with Crippen LogP contribution in [0.1, 0.15) is 6.92 Å². The number of likely N-dealkylation sites (N-methyl/N-ethyl adjacent to an activating group) is 1.